The molecule has 0 saturated heterocycles. The van der Waals surface area contributed by atoms with Crippen LogP contribution in [-0.2, 0) is 14.2 Å². The number of aliphatic hydroxyl groups is 3. The Morgan fingerprint density at radius 2 is 1.13 bits per heavy atom. The highest BCUT2D eigenvalue weighted by Gasteiger charge is 2.19. The smallest absolute Gasteiger partial charge is 0.0900 e. The molecule has 0 saturated carbocycles. The highest BCUT2D eigenvalue weighted by Crippen LogP contribution is 2.33. The summed E-state index contributed by atoms with van der Waals surface area (Å²) in [5.41, 5.74) is 5.43. The predicted octanol–water partition coefficient (Wildman–Crippen LogP) is -0.113. The molecule has 0 radical (unpaired) electrons. The first kappa shape index (κ1) is 46.0. The van der Waals surface area contributed by atoms with E-state index in [0.717, 1.165) is 0 Å². The van der Waals surface area contributed by atoms with Gasteiger partial charge in [-0.2, -0.15) is 0 Å². The molecule has 0 fully saturated rings. The van der Waals surface area contributed by atoms with E-state index in [4.69, 9.17) is 47.3 Å². The Labute approximate surface area is 278 Å². The van der Waals surface area contributed by atoms with Crippen LogP contribution in [0.15, 0.2) is 0 Å². The van der Waals surface area contributed by atoms with E-state index in [1.54, 1.807) is 0 Å². The number of nitrogens with two attached hydrogens (primary N) is 1. The molecule has 0 bridgehead atoms. The van der Waals surface area contributed by atoms with Crippen LogP contribution in [0.3, 0.4) is 0 Å². The van der Waals surface area contributed by atoms with Crippen molar-refractivity contribution in [1.82, 2.24) is 20.4 Å². The van der Waals surface area contributed by atoms with Gasteiger partial charge in [-0.15, -0.1) is 0 Å². The molecule has 0 aromatic heterocycles. The molecule has 3 atom stereocenters. The Kier molecular flexibility index (Phi) is 25.9. The van der Waals surface area contributed by atoms with Gasteiger partial charge in [-0.25, -0.2) is 0 Å². The number of hydrogen-bond acceptors (Lipinski definition) is 17. The van der Waals surface area contributed by atoms with E-state index in [9.17, 15) is 15.3 Å². The Hall–Kier alpha value is 0.0200. The second-order valence-electron chi connectivity index (χ2n) is 12.3. The third kappa shape index (κ3) is 32.6. The lowest BCUT2D eigenvalue weighted by atomic mass is 10.2. The summed E-state index contributed by atoms with van der Waals surface area (Å²) >= 11 is 0. The molecule has 0 heterocycles. The van der Waals surface area contributed by atoms with Gasteiger partial charge in [0.2, 0.25) is 0 Å². The first-order valence-corrected chi connectivity index (χ1v) is 19.1. The largest absolute Gasteiger partial charge is 0.389 e. The molecular formula is C27H65N5O12S2. The molecule has 0 aromatic rings. The van der Waals surface area contributed by atoms with Crippen LogP contribution in [0, 0.1) is 0 Å². The van der Waals surface area contributed by atoms with Crippen LogP contribution in [0.4, 0.5) is 0 Å². The topological polar surface area (TPSA) is 266 Å². The fourth-order valence-corrected chi connectivity index (χ4v) is 5.13. The van der Waals surface area contributed by atoms with Crippen LogP contribution in [0.1, 0.15) is 33.6 Å². The van der Waals surface area contributed by atoms with Crippen molar-refractivity contribution in [3.8, 4) is 0 Å². The second-order valence-corrected chi connectivity index (χ2v) is 15.6. The Balaban J connectivity index is 4.57. The van der Waals surface area contributed by atoms with Crippen LogP contribution in [0.5, 0.6) is 0 Å². The molecule has 3 unspecified atom stereocenters. The lowest BCUT2D eigenvalue weighted by Gasteiger charge is -2.31. The number of aliphatic hydroxyl groups excluding tert-OH is 3. The molecular weight excluding hydrogens is 650 g/mol. The van der Waals surface area contributed by atoms with Gasteiger partial charge in [-0.05, 0) is 33.6 Å². The van der Waals surface area contributed by atoms with E-state index in [1.807, 2.05) is 25.7 Å². The summed E-state index contributed by atoms with van der Waals surface area (Å²) in [6, 6.07) is 0. The maximum atomic E-state index is 10.6. The molecule has 0 aliphatic carbocycles. The van der Waals surface area contributed by atoms with Crippen LogP contribution in [0.2, 0.25) is 0 Å². The highest BCUT2D eigenvalue weighted by molar-refractivity contribution is 8.19. The molecule has 13 N–H and O–H groups in total. The van der Waals surface area contributed by atoms with E-state index in [-0.39, 0.29) is 63.0 Å². The zero-order valence-corrected chi connectivity index (χ0v) is 29.5. The number of ether oxygens (including phenoxy) is 3. The summed E-state index contributed by atoms with van der Waals surface area (Å²) in [4.78, 5) is 4.14. The van der Waals surface area contributed by atoms with Gasteiger partial charge in [0, 0.05) is 96.7 Å². The molecule has 17 nitrogen and oxygen atoms in total. The van der Waals surface area contributed by atoms with Crippen LogP contribution in [-0.4, -0.2) is 193 Å². The monoisotopic (exact) mass is 715 g/mol. The number of rotatable bonds is 31. The molecule has 19 heteroatoms. The number of hydrogen-bond donors (Lipinski definition) is 12. The van der Waals surface area contributed by atoms with E-state index in [1.165, 1.54) is 0 Å². The zero-order chi connectivity index (χ0) is 35.1. The molecule has 0 amide bonds. The fourth-order valence-electron chi connectivity index (χ4n) is 4.12. The van der Waals surface area contributed by atoms with Gasteiger partial charge < -0.3 is 73.2 Å². The second kappa shape index (κ2) is 25.9. The summed E-state index contributed by atoms with van der Waals surface area (Å²) in [5.74, 6) is -0.336. The minimum absolute atomic E-state index is 0.0570. The summed E-state index contributed by atoms with van der Waals surface area (Å²) < 4.78 is 70.2. The molecule has 46 heavy (non-hydrogen) atoms. The lowest BCUT2D eigenvalue weighted by Crippen LogP contribution is -2.46. The van der Waals surface area contributed by atoms with Crippen molar-refractivity contribution in [3.63, 3.8) is 0 Å². The van der Waals surface area contributed by atoms with Crippen molar-refractivity contribution >= 4 is 21.7 Å². The summed E-state index contributed by atoms with van der Waals surface area (Å²) in [5, 5.41) is 37.6. The Bertz CT molecular complexity index is 720. The quantitative estimate of drug-likeness (QED) is 0.0418. The van der Waals surface area contributed by atoms with E-state index >= 15 is 0 Å². The van der Waals surface area contributed by atoms with Gasteiger partial charge in [0.25, 0.3) is 0 Å². The van der Waals surface area contributed by atoms with Crippen molar-refractivity contribution < 1.29 is 56.8 Å². The van der Waals surface area contributed by atoms with Gasteiger partial charge in [0.1, 0.15) is 0 Å². The normalized spacial score (nSPS) is 15.9. The molecule has 0 spiro atoms. The van der Waals surface area contributed by atoms with Crippen LogP contribution >= 0.6 is 21.7 Å². The number of nitrogens with one attached hydrogen (secondary N) is 2. The summed E-state index contributed by atoms with van der Waals surface area (Å²) in [6.07, 6.45) is -1.67. The van der Waals surface area contributed by atoms with E-state index in [2.05, 4.69) is 15.5 Å². The molecule has 0 aliphatic rings. The summed E-state index contributed by atoms with van der Waals surface area (Å²) in [7, 11) is -7.05. The fraction of sp³-hybridized carbons (Fsp3) is 1.00. The molecule has 0 rings (SSSR count). The summed E-state index contributed by atoms with van der Waals surface area (Å²) in [6.45, 7) is 12.3. The maximum Gasteiger partial charge on any atom is 0.0900 e. The van der Waals surface area contributed by atoms with E-state index in [0.29, 0.717) is 72.0 Å². The standard InChI is InChI=1S/C27H65N5O12S2/c1-27(2,3)44-23-26(35)20-32(11-9-29-7-8-30-18-24(33)21-42-14-4-16-45(36,37)38)13-12-31(10-6-28)19-25(34)22-43-15-5-17-46(39,40)41/h24-26,29-30,33-41H,4-23,28H2,1-3H3. The van der Waals surface area contributed by atoms with E-state index < -0.39 is 40.1 Å². The zero-order valence-electron chi connectivity index (χ0n) is 27.9. The van der Waals surface area contributed by atoms with Gasteiger partial charge >= 0.3 is 0 Å². The van der Waals surface area contributed by atoms with Crippen molar-refractivity contribution in [2.75, 3.05) is 117 Å². The van der Waals surface area contributed by atoms with Gasteiger partial charge in [-0.3, -0.25) is 9.80 Å². The highest BCUT2D eigenvalue weighted by atomic mass is 32.3. The Morgan fingerprint density at radius 3 is 1.63 bits per heavy atom. The minimum Gasteiger partial charge on any atom is -0.389 e. The van der Waals surface area contributed by atoms with Gasteiger partial charge in [0.05, 0.1) is 65.5 Å². The Morgan fingerprint density at radius 1 is 0.652 bits per heavy atom. The van der Waals surface area contributed by atoms with Gasteiger partial charge in [0.15, 0.2) is 0 Å². The van der Waals surface area contributed by atoms with Crippen molar-refractivity contribution in [2.24, 2.45) is 5.73 Å². The third-order valence-corrected chi connectivity index (χ3v) is 7.99. The minimum atomic E-state index is -3.54. The van der Waals surface area contributed by atoms with Crippen LogP contribution < -0.4 is 16.4 Å². The predicted molar refractivity (Wildman–Crippen MR) is 183 cm³/mol. The molecule has 0 aliphatic heterocycles. The average molecular weight is 716 g/mol. The van der Waals surface area contributed by atoms with Gasteiger partial charge in [-0.1, -0.05) is 0 Å². The molecule has 282 valence electrons. The van der Waals surface area contributed by atoms with Crippen molar-refractivity contribution in [1.29, 1.82) is 0 Å². The first-order valence-electron chi connectivity index (χ1n) is 15.8. The first-order chi connectivity index (χ1) is 21.4. The van der Waals surface area contributed by atoms with Crippen molar-refractivity contribution in [3.05, 3.63) is 0 Å². The number of nitrogens with zero attached hydrogens (tertiary/aromatic N) is 2. The maximum absolute atomic E-state index is 10.6. The van der Waals surface area contributed by atoms with Crippen molar-refractivity contribution in [2.45, 2.75) is 57.5 Å². The lowest BCUT2D eigenvalue weighted by molar-refractivity contribution is -0.0565. The molecule has 0 aromatic carbocycles. The average Bonchev–Trinajstić information content (AvgIpc) is 2.92. The van der Waals surface area contributed by atoms with Crippen LogP contribution in [0.25, 0.3) is 0 Å². The third-order valence-electron chi connectivity index (χ3n) is 6.32. The SMILES string of the molecule is CC(C)(C)OCC(O)CN(CCNCCNCC(O)COCCCS(O)(O)O)CCN(CCN)CC(O)COCCCS(O)(O)O.